The normalized spacial score (nSPS) is 17.9. The van der Waals surface area contributed by atoms with Crippen molar-refractivity contribution in [1.29, 1.82) is 0 Å². The zero-order valence-corrected chi connectivity index (χ0v) is 10.9. The predicted octanol–water partition coefficient (Wildman–Crippen LogP) is 1.06. The minimum Gasteiger partial charge on any atom is -0.481 e. The van der Waals surface area contributed by atoms with Crippen molar-refractivity contribution in [2.24, 2.45) is 0 Å². The summed E-state index contributed by atoms with van der Waals surface area (Å²) in [5.74, 6) is -0.793. The lowest BCUT2D eigenvalue weighted by Crippen LogP contribution is -2.44. The van der Waals surface area contributed by atoms with Crippen molar-refractivity contribution in [3.05, 3.63) is 0 Å². The molecule has 2 amide bonds. The van der Waals surface area contributed by atoms with Crippen molar-refractivity contribution in [1.82, 2.24) is 10.2 Å². The van der Waals surface area contributed by atoms with Gasteiger partial charge in [-0.2, -0.15) is 0 Å². The molecule has 1 atom stereocenters. The average molecular weight is 258 g/mol. The van der Waals surface area contributed by atoms with Crippen LogP contribution in [-0.4, -0.2) is 54.4 Å². The highest BCUT2D eigenvalue weighted by molar-refractivity contribution is 5.74. The number of rotatable bonds is 5. The lowest BCUT2D eigenvalue weighted by molar-refractivity contribution is -0.137. The predicted molar refractivity (Wildman–Crippen MR) is 66.5 cm³/mol. The van der Waals surface area contributed by atoms with Crippen LogP contribution in [0.3, 0.4) is 0 Å². The van der Waals surface area contributed by atoms with E-state index in [1.54, 1.807) is 4.90 Å². The number of carbonyl (C=O) groups is 2. The molecule has 0 bridgehead atoms. The molecule has 0 radical (unpaired) electrons. The summed E-state index contributed by atoms with van der Waals surface area (Å²) >= 11 is 0. The average Bonchev–Trinajstić information content (AvgIpc) is 2.56. The van der Waals surface area contributed by atoms with E-state index in [2.05, 4.69) is 5.32 Å². The Kier molecular flexibility index (Phi) is 6.49. The molecule has 1 rings (SSSR count). The Morgan fingerprint density at radius 2 is 2.17 bits per heavy atom. The molecule has 1 heterocycles. The third-order valence-corrected chi connectivity index (χ3v) is 2.91. The minimum atomic E-state index is -0.793. The van der Waals surface area contributed by atoms with E-state index in [9.17, 15) is 9.59 Å². The van der Waals surface area contributed by atoms with E-state index in [0.717, 1.165) is 6.42 Å². The van der Waals surface area contributed by atoms with E-state index in [4.69, 9.17) is 9.84 Å². The standard InChI is InChI=1S/C12H22N2O4/c1-10(4-2-5-11(15)16)13-12(17)14-6-3-8-18-9-7-14/h10H,2-9H2,1H3,(H,13,17)(H,15,16). The third kappa shape index (κ3) is 5.86. The summed E-state index contributed by atoms with van der Waals surface area (Å²) < 4.78 is 5.28. The van der Waals surface area contributed by atoms with Crippen molar-refractivity contribution in [2.45, 2.75) is 38.6 Å². The number of nitrogens with one attached hydrogen (secondary N) is 1. The number of carbonyl (C=O) groups excluding carboxylic acids is 1. The summed E-state index contributed by atoms with van der Waals surface area (Å²) in [5, 5.41) is 11.4. The third-order valence-electron chi connectivity index (χ3n) is 2.91. The molecule has 1 aliphatic rings. The zero-order valence-electron chi connectivity index (χ0n) is 10.9. The number of aliphatic carboxylic acids is 1. The van der Waals surface area contributed by atoms with E-state index in [1.165, 1.54) is 0 Å². The van der Waals surface area contributed by atoms with Crippen LogP contribution in [-0.2, 0) is 9.53 Å². The quantitative estimate of drug-likeness (QED) is 0.773. The molecule has 1 aliphatic heterocycles. The Balaban J connectivity index is 2.22. The van der Waals surface area contributed by atoms with E-state index in [1.807, 2.05) is 6.92 Å². The maximum Gasteiger partial charge on any atom is 0.317 e. The number of carboxylic acid groups (broad SMARTS) is 1. The lowest BCUT2D eigenvalue weighted by atomic mass is 10.1. The molecule has 104 valence electrons. The van der Waals surface area contributed by atoms with Crippen molar-refractivity contribution in [3.8, 4) is 0 Å². The SMILES string of the molecule is CC(CCCC(=O)O)NC(=O)N1CCCOCC1. The van der Waals surface area contributed by atoms with Gasteiger partial charge in [0, 0.05) is 32.2 Å². The van der Waals surface area contributed by atoms with Crippen molar-refractivity contribution < 1.29 is 19.4 Å². The number of hydrogen-bond donors (Lipinski definition) is 2. The summed E-state index contributed by atoms with van der Waals surface area (Å²) in [6.07, 6.45) is 2.28. The molecule has 0 spiro atoms. The van der Waals surface area contributed by atoms with Crippen LogP contribution >= 0.6 is 0 Å². The number of ether oxygens (including phenoxy) is 1. The molecule has 1 unspecified atom stereocenters. The van der Waals surface area contributed by atoms with Crippen LogP contribution in [0.5, 0.6) is 0 Å². The summed E-state index contributed by atoms with van der Waals surface area (Å²) in [6.45, 7) is 4.52. The highest BCUT2D eigenvalue weighted by Gasteiger charge is 2.17. The second kappa shape index (κ2) is 7.92. The molecular weight excluding hydrogens is 236 g/mol. The van der Waals surface area contributed by atoms with Crippen LogP contribution in [0, 0.1) is 0 Å². The Morgan fingerprint density at radius 1 is 1.39 bits per heavy atom. The maximum absolute atomic E-state index is 11.9. The van der Waals surface area contributed by atoms with Gasteiger partial charge in [-0.25, -0.2) is 4.79 Å². The van der Waals surface area contributed by atoms with Crippen molar-refractivity contribution >= 4 is 12.0 Å². The van der Waals surface area contributed by atoms with Crippen LogP contribution in [0.25, 0.3) is 0 Å². The van der Waals surface area contributed by atoms with Gasteiger partial charge in [0.1, 0.15) is 0 Å². The first-order valence-corrected chi connectivity index (χ1v) is 6.44. The molecule has 0 aromatic heterocycles. The van der Waals surface area contributed by atoms with E-state index in [0.29, 0.717) is 39.1 Å². The molecule has 6 heteroatoms. The van der Waals surface area contributed by atoms with Gasteiger partial charge in [0.15, 0.2) is 0 Å². The Bertz CT molecular complexity index is 275. The summed E-state index contributed by atoms with van der Waals surface area (Å²) in [5.41, 5.74) is 0. The molecule has 1 fully saturated rings. The topological polar surface area (TPSA) is 78.9 Å². The van der Waals surface area contributed by atoms with Gasteiger partial charge in [-0.3, -0.25) is 4.79 Å². The maximum atomic E-state index is 11.9. The van der Waals surface area contributed by atoms with Crippen LogP contribution in [0.1, 0.15) is 32.6 Å². The highest BCUT2D eigenvalue weighted by Crippen LogP contribution is 2.03. The number of nitrogens with zero attached hydrogens (tertiary/aromatic N) is 1. The second-order valence-corrected chi connectivity index (χ2v) is 4.59. The molecular formula is C12H22N2O4. The summed E-state index contributed by atoms with van der Waals surface area (Å²) in [7, 11) is 0. The monoisotopic (exact) mass is 258 g/mol. The van der Waals surface area contributed by atoms with E-state index in [-0.39, 0.29) is 18.5 Å². The molecule has 0 aromatic carbocycles. The van der Waals surface area contributed by atoms with Crippen LogP contribution in [0.4, 0.5) is 4.79 Å². The van der Waals surface area contributed by atoms with Crippen molar-refractivity contribution in [3.63, 3.8) is 0 Å². The number of amides is 2. The van der Waals surface area contributed by atoms with Gasteiger partial charge in [0.05, 0.1) is 6.61 Å². The highest BCUT2D eigenvalue weighted by atomic mass is 16.5. The van der Waals surface area contributed by atoms with Gasteiger partial charge < -0.3 is 20.1 Å². The van der Waals surface area contributed by atoms with E-state index < -0.39 is 5.97 Å². The van der Waals surface area contributed by atoms with Gasteiger partial charge in [-0.1, -0.05) is 0 Å². The first kappa shape index (κ1) is 14.8. The van der Waals surface area contributed by atoms with Gasteiger partial charge in [0.25, 0.3) is 0 Å². The Morgan fingerprint density at radius 3 is 2.89 bits per heavy atom. The van der Waals surface area contributed by atoms with Gasteiger partial charge in [-0.05, 0) is 26.2 Å². The molecule has 2 N–H and O–H groups in total. The number of urea groups is 1. The molecule has 0 aromatic rings. The number of hydrogen-bond acceptors (Lipinski definition) is 3. The Hall–Kier alpha value is -1.30. The van der Waals surface area contributed by atoms with Gasteiger partial charge in [-0.15, -0.1) is 0 Å². The van der Waals surface area contributed by atoms with Crippen LogP contribution in [0.2, 0.25) is 0 Å². The fourth-order valence-corrected chi connectivity index (χ4v) is 1.88. The fraction of sp³-hybridized carbons (Fsp3) is 0.833. The first-order valence-electron chi connectivity index (χ1n) is 6.44. The molecule has 6 nitrogen and oxygen atoms in total. The summed E-state index contributed by atoms with van der Waals surface area (Å²) in [4.78, 5) is 24.0. The molecule has 1 saturated heterocycles. The second-order valence-electron chi connectivity index (χ2n) is 4.59. The lowest BCUT2D eigenvalue weighted by Gasteiger charge is -2.23. The smallest absolute Gasteiger partial charge is 0.317 e. The molecule has 18 heavy (non-hydrogen) atoms. The molecule has 0 aliphatic carbocycles. The largest absolute Gasteiger partial charge is 0.481 e. The fourth-order valence-electron chi connectivity index (χ4n) is 1.88. The van der Waals surface area contributed by atoms with Gasteiger partial charge in [0.2, 0.25) is 0 Å². The van der Waals surface area contributed by atoms with E-state index >= 15 is 0 Å². The Labute approximate surface area is 107 Å². The van der Waals surface area contributed by atoms with Crippen LogP contribution in [0.15, 0.2) is 0 Å². The summed E-state index contributed by atoms with van der Waals surface area (Å²) in [6, 6.07) is -0.0793. The first-order chi connectivity index (χ1) is 8.59. The minimum absolute atomic E-state index is 0.000946. The van der Waals surface area contributed by atoms with Crippen LogP contribution < -0.4 is 5.32 Å². The zero-order chi connectivity index (χ0) is 13.4. The molecule has 0 saturated carbocycles. The number of carboxylic acids is 1. The van der Waals surface area contributed by atoms with Crippen molar-refractivity contribution in [2.75, 3.05) is 26.3 Å². The van der Waals surface area contributed by atoms with Gasteiger partial charge >= 0.3 is 12.0 Å².